The summed E-state index contributed by atoms with van der Waals surface area (Å²) < 4.78 is 12.2. The van der Waals surface area contributed by atoms with Gasteiger partial charge in [-0.05, 0) is 50.1 Å². The maximum atomic E-state index is 12.5. The van der Waals surface area contributed by atoms with Crippen LogP contribution in [0.25, 0.3) is 6.08 Å². The molecule has 0 aliphatic carbocycles. The first-order valence-electron chi connectivity index (χ1n) is 9.04. The molecule has 0 saturated carbocycles. The maximum Gasteiger partial charge on any atom is 0.349 e. The lowest BCUT2D eigenvalue weighted by Gasteiger charge is -2.08. The summed E-state index contributed by atoms with van der Waals surface area (Å²) in [6, 6.07) is 10.5. The van der Waals surface area contributed by atoms with Gasteiger partial charge in [0, 0.05) is 23.5 Å². The Morgan fingerprint density at radius 3 is 2.46 bits per heavy atom. The van der Waals surface area contributed by atoms with Gasteiger partial charge in [0.25, 0.3) is 0 Å². The van der Waals surface area contributed by atoms with Crippen LogP contribution in [0, 0.1) is 25.2 Å². The van der Waals surface area contributed by atoms with E-state index in [0.29, 0.717) is 16.9 Å². The summed E-state index contributed by atoms with van der Waals surface area (Å²) in [5, 5.41) is 9.25. The average Bonchev–Trinajstić information content (AvgIpc) is 2.99. The number of aromatic nitrogens is 1. The van der Waals surface area contributed by atoms with Gasteiger partial charge in [-0.1, -0.05) is 19.1 Å². The van der Waals surface area contributed by atoms with Crippen molar-refractivity contribution in [3.63, 3.8) is 0 Å². The van der Waals surface area contributed by atoms with Crippen LogP contribution >= 0.6 is 0 Å². The van der Waals surface area contributed by atoms with Crippen LogP contribution in [0.4, 0.5) is 0 Å². The molecule has 0 atom stereocenters. The van der Waals surface area contributed by atoms with Crippen LogP contribution in [0.5, 0.6) is 5.75 Å². The summed E-state index contributed by atoms with van der Waals surface area (Å²) in [6.07, 6.45) is 2.38. The number of carbonyl (C=O) groups excluding carboxylic acids is 2. The van der Waals surface area contributed by atoms with Crippen molar-refractivity contribution in [3.05, 3.63) is 58.4 Å². The molecule has 0 radical (unpaired) electrons. The highest BCUT2D eigenvalue weighted by Gasteiger charge is 2.18. The number of rotatable bonds is 8. The summed E-state index contributed by atoms with van der Waals surface area (Å²) in [7, 11) is 1.56. The Bertz CT molecular complexity index is 931. The zero-order valence-corrected chi connectivity index (χ0v) is 16.6. The highest BCUT2D eigenvalue weighted by atomic mass is 16.5. The SMILES string of the molecule is CCCn1c(C)cc(C(=O)COC(=O)/C(C#N)=C/c2ccc(OC)cc2)c1C. The van der Waals surface area contributed by atoms with Crippen molar-refractivity contribution in [1.82, 2.24) is 4.57 Å². The van der Waals surface area contributed by atoms with Gasteiger partial charge in [0.2, 0.25) is 5.78 Å². The molecule has 0 aliphatic heterocycles. The number of methoxy groups -OCH3 is 1. The number of hydrogen-bond donors (Lipinski definition) is 0. The third-order valence-corrected chi connectivity index (χ3v) is 4.42. The molecule has 2 aromatic rings. The Kier molecular flexibility index (Phi) is 7.16. The van der Waals surface area contributed by atoms with Crippen molar-refractivity contribution in [1.29, 1.82) is 5.26 Å². The zero-order chi connectivity index (χ0) is 20.7. The van der Waals surface area contributed by atoms with Crippen LogP contribution in [-0.4, -0.2) is 30.0 Å². The van der Waals surface area contributed by atoms with Gasteiger partial charge in [0.1, 0.15) is 17.4 Å². The number of nitriles is 1. The second-order valence-corrected chi connectivity index (χ2v) is 6.38. The first-order chi connectivity index (χ1) is 13.4. The van der Waals surface area contributed by atoms with Crippen molar-refractivity contribution in [3.8, 4) is 11.8 Å². The van der Waals surface area contributed by atoms with E-state index in [2.05, 4.69) is 11.5 Å². The summed E-state index contributed by atoms with van der Waals surface area (Å²) in [4.78, 5) is 24.7. The van der Waals surface area contributed by atoms with Crippen molar-refractivity contribution >= 4 is 17.8 Å². The number of ether oxygens (including phenoxy) is 2. The molecular weight excluding hydrogens is 356 g/mol. The van der Waals surface area contributed by atoms with E-state index in [4.69, 9.17) is 9.47 Å². The normalized spacial score (nSPS) is 11.0. The van der Waals surface area contributed by atoms with Crippen LogP contribution in [0.3, 0.4) is 0 Å². The average molecular weight is 380 g/mol. The predicted octanol–water partition coefficient (Wildman–Crippen LogP) is 3.86. The lowest BCUT2D eigenvalue weighted by Crippen LogP contribution is -2.16. The van der Waals surface area contributed by atoms with Gasteiger partial charge >= 0.3 is 5.97 Å². The fourth-order valence-corrected chi connectivity index (χ4v) is 2.94. The summed E-state index contributed by atoms with van der Waals surface area (Å²) in [5.41, 5.74) is 2.87. The first kappa shape index (κ1) is 21.0. The molecule has 1 heterocycles. The summed E-state index contributed by atoms with van der Waals surface area (Å²) in [6.45, 7) is 6.31. The van der Waals surface area contributed by atoms with Crippen molar-refractivity contribution in [2.45, 2.75) is 33.7 Å². The highest BCUT2D eigenvalue weighted by Crippen LogP contribution is 2.17. The van der Waals surface area contributed by atoms with Crippen LogP contribution in [0.2, 0.25) is 0 Å². The monoisotopic (exact) mass is 380 g/mol. The van der Waals surface area contributed by atoms with Crippen LogP contribution in [0.15, 0.2) is 35.9 Å². The van der Waals surface area contributed by atoms with Gasteiger partial charge in [-0.25, -0.2) is 4.79 Å². The number of carbonyl (C=O) groups is 2. The number of benzene rings is 1. The van der Waals surface area contributed by atoms with Crippen LogP contribution in [-0.2, 0) is 16.1 Å². The molecule has 0 aliphatic rings. The topological polar surface area (TPSA) is 81.3 Å². The Morgan fingerprint density at radius 2 is 1.89 bits per heavy atom. The number of nitrogens with zero attached hydrogens (tertiary/aromatic N) is 2. The van der Waals surface area contributed by atoms with Crippen molar-refractivity contribution in [2.24, 2.45) is 0 Å². The Balaban J connectivity index is 2.07. The van der Waals surface area contributed by atoms with E-state index in [1.54, 1.807) is 37.4 Å². The minimum absolute atomic E-state index is 0.172. The molecule has 0 bridgehead atoms. The molecule has 0 fully saturated rings. The highest BCUT2D eigenvalue weighted by molar-refractivity contribution is 6.02. The van der Waals surface area contributed by atoms with Crippen molar-refractivity contribution < 1.29 is 19.1 Å². The Hall–Kier alpha value is -3.33. The minimum atomic E-state index is -0.825. The lowest BCUT2D eigenvalue weighted by atomic mass is 10.1. The standard InChI is InChI=1S/C22H24N2O4/c1-5-10-24-15(2)11-20(16(24)3)21(25)14-28-22(26)18(13-23)12-17-6-8-19(27-4)9-7-17/h6-9,11-12H,5,10,14H2,1-4H3/b18-12+. The third kappa shape index (κ3) is 4.89. The Labute approximate surface area is 165 Å². The number of Topliss-reactive ketones (excluding diaryl/α,β-unsaturated/α-hetero) is 1. The van der Waals surface area contributed by atoms with E-state index < -0.39 is 12.6 Å². The van der Waals surface area contributed by atoms with Gasteiger partial charge in [0.15, 0.2) is 6.61 Å². The largest absolute Gasteiger partial charge is 0.497 e. The molecule has 28 heavy (non-hydrogen) atoms. The second kappa shape index (κ2) is 9.56. The smallest absolute Gasteiger partial charge is 0.349 e. The molecule has 0 spiro atoms. The molecule has 0 N–H and O–H groups in total. The zero-order valence-electron chi connectivity index (χ0n) is 16.6. The van der Waals surface area contributed by atoms with E-state index >= 15 is 0 Å². The van der Waals surface area contributed by atoms with E-state index in [-0.39, 0.29) is 11.4 Å². The molecule has 0 unspecified atom stereocenters. The molecule has 6 nitrogen and oxygen atoms in total. The second-order valence-electron chi connectivity index (χ2n) is 6.38. The summed E-state index contributed by atoms with van der Waals surface area (Å²) >= 11 is 0. The molecule has 1 aromatic heterocycles. The molecule has 0 amide bonds. The minimum Gasteiger partial charge on any atom is -0.497 e. The third-order valence-electron chi connectivity index (χ3n) is 4.42. The fraction of sp³-hybridized carbons (Fsp3) is 0.318. The van der Waals surface area contributed by atoms with Gasteiger partial charge in [-0.15, -0.1) is 0 Å². The van der Waals surface area contributed by atoms with Gasteiger partial charge < -0.3 is 14.0 Å². The molecular formula is C22H24N2O4. The molecule has 1 aromatic carbocycles. The maximum absolute atomic E-state index is 12.5. The lowest BCUT2D eigenvalue weighted by molar-refractivity contribution is -0.137. The Morgan fingerprint density at radius 1 is 1.21 bits per heavy atom. The molecule has 146 valence electrons. The quantitative estimate of drug-likeness (QED) is 0.301. The molecule has 0 saturated heterocycles. The van der Waals surface area contributed by atoms with E-state index in [1.165, 1.54) is 6.08 Å². The predicted molar refractivity (Wildman–Crippen MR) is 106 cm³/mol. The molecule has 2 rings (SSSR count). The molecule has 6 heteroatoms. The number of aryl methyl sites for hydroxylation is 1. The fourth-order valence-electron chi connectivity index (χ4n) is 2.94. The van der Waals surface area contributed by atoms with E-state index in [9.17, 15) is 14.9 Å². The van der Waals surface area contributed by atoms with E-state index in [1.807, 2.05) is 19.9 Å². The number of ketones is 1. The van der Waals surface area contributed by atoms with Crippen LogP contribution in [0.1, 0.15) is 40.7 Å². The number of hydrogen-bond acceptors (Lipinski definition) is 5. The van der Waals surface area contributed by atoms with Gasteiger partial charge in [0.05, 0.1) is 7.11 Å². The number of esters is 1. The van der Waals surface area contributed by atoms with E-state index in [0.717, 1.165) is 24.4 Å². The van der Waals surface area contributed by atoms with Crippen LogP contribution < -0.4 is 4.74 Å². The van der Waals surface area contributed by atoms with Crippen molar-refractivity contribution in [2.75, 3.05) is 13.7 Å². The van der Waals surface area contributed by atoms with Gasteiger partial charge in [-0.3, -0.25) is 4.79 Å². The summed E-state index contributed by atoms with van der Waals surface area (Å²) in [5.74, 6) is -0.441. The first-order valence-corrected chi connectivity index (χ1v) is 9.04. The van der Waals surface area contributed by atoms with Gasteiger partial charge in [-0.2, -0.15) is 5.26 Å².